The van der Waals surface area contributed by atoms with E-state index < -0.39 is 4.92 Å². The number of imidazole rings is 1. The summed E-state index contributed by atoms with van der Waals surface area (Å²) in [5.74, 6) is 0.978. The van der Waals surface area contributed by atoms with Gasteiger partial charge in [-0.15, -0.1) is 0 Å². The molecule has 0 amide bonds. The highest BCUT2D eigenvalue weighted by Crippen LogP contribution is 2.37. The van der Waals surface area contributed by atoms with E-state index in [4.69, 9.17) is 5.73 Å². The molecule has 17 heavy (non-hydrogen) atoms. The predicted molar refractivity (Wildman–Crippen MR) is 63.8 cm³/mol. The Morgan fingerprint density at radius 3 is 2.88 bits per heavy atom. The van der Waals surface area contributed by atoms with Crippen LogP contribution >= 0.6 is 0 Å². The van der Waals surface area contributed by atoms with Gasteiger partial charge in [0.2, 0.25) is 12.1 Å². The number of likely N-dealkylation sites (N-methyl/N-ethyl adjacent to an activating group) is 1. The van der Waals surface area contributed by atoms with Gasteiger partial charge in [-0.1, -0.05) is 0 Å². The predicted octanol–water partition coefficient (Wildman–Crippen LogP) is 0.502. The Labute approximate surface area is 99.4 Å². The number of aromatic nitrogens is 2. The zero-order valence-electron chi connectivity index (χ0n) is 10.0. The minimum Gasteiger partial charge on any atom is -0.358 e. The third-order valence-corrected chi connectivity index (χ3v) is 3.30. The quantitative estimate of drug-likeness (QED) is 0.597. The first kappa shape index (κ1) is 11.8. The Morgan fingerprint density at radius 1 is 1.76 bits per heavy atom. The molecule has 1 aliphatic rings. The van der Waals surface area contributed by atoms with Crippen molar-refractivity contribution in [2.45, 2.75) is 18.9 Å². The van der Waals surface area contributed by atoms with E-state index in [9.17, 15) is 10.1 Å². The Bertz CT molecular complexity index is 426. The molecule has 0 radical (unpaired) electrons. The number of hydrogen-bond donors (Lipinski definition) is 1. The summed E-state index contributed by atoms with van der Waals surface area (Å²) in [5, 5.41) is 10.9. The third-order valence-electron chi connectivity index (χ3n) is 3.30. The first-order chi connectivity index (χ1) is 8.06. The second-order valence-electron chi connectivity index (χ2n) is 4.51. The second-order valence-corrected chi connectivity index (χ2v) is 4.51. The molecule has 1 fully saturated rings. The standard InChI is InChI=1S/C10H17N5O2/c1-13-6-12-9(15(16)17)10(13)14(2)8(5-11)7-3-4-7/h6-8H,3-5,11H2,1-2H3. The van der Waals surface area contributed by atoms with Crippen LogP contribution in [0.1, 0.15) is 12.8 Å². The van der Waals surface area contributed by atoms with Crippen molar-refractivity contribution >= 4 is 11.6 Å². The Hall–Kier alpha value is -1.63. The van der Waals surface area contributed by atoms with Crippen molar-refractivity contribution in [1.82, 2.24) is 9.55 Å². The van der Waals surface area contributed by atoms with Gasteiger partial charge in [0.25, 0.3) is 0 Å². The average Bonchev–Trinajstić information content (AvgIpc) is 3.01. The molecule has 1 saturated carbocycles. The van der Waals surface area contributed by atoms with Crippen molar-refractivity contribution in [3.8, 4) is 0 Å². The van der Waals surface area contributed by atoms with Gasteiger partial charge in [0.05, 0.1) is 0 Å². The molecule has 1 aromatic rings. The highest BCUT2D eigenvalue weighted by Gasteiger charge is 2.36. The molecule has 0 spiro atoms. The van der Waals surface area contributed by atoms with Crippen molar-refractivity contribution < 1.29 is 4.92 Å². The molecule has 1 aromatic heterocycles. The fourth-order valence-electron chi connectivity index (χ4n) is 2.25. The Morgan fingerprint density at radius 2 is 2.41 bits per heavy atom. The average molecular weight is 239 g/mol. The lowest BCUT2D eigenvalue weighted by Crippen LogP contribution is -2.40. The van der Waals surface area contributed by atoms with E-state index >= 15 is 0 Å². The molecule has 0 aromatic carbocycles. The number of hydrogen-bond acceptors (Lipinski definition) is 5. The van der Waals surface area contributed by atoms with E-state index in [1.165, 1.54) is 6.33 Å². The second kappa shape index (κ2) is 4.33. The van der Waals surface area contributed by atoms with Crippen molar-refractivity contribution in [2.75, 3.05) is 18.5 Å². The van der Waals surface area contributed by atoms with Crippen LogP contribution in [0.25, 0.3) is 0 Å². The molecule has 7 nitrogen and oxygen atoms in total. The summed E-state index contributed by atoms with van der Waals surface area (Å²) in [6, 6.07) is 0.157. The molecule has 0 aliphatic heterocycles. The minimum atomic E-state index is -0.452. The molecule has 2 N–H and O–H groups in total. The largest absolute Gasteiger partial charge is 0.406 e. The maximum absolute atomic E-state index is 10.9. The number of nitrogens with two attached hydrogens (primary N) is 1. The normalized spacial score (nSPS) is 16.9. The van der Waals surface area contributed by atoms with Crippen molar-refractivity contribution in [3.05, 3.63) is 16.4 Å². The zero-order chi connectivity index (χ0) is 12.6. The van der Waals surface area contributed by atoms with Crippen LogP contribution in [0.5, 0.6) is 0 Å². The number of anilines is 1. The van der Waals surface area contributed by atoms with Crippen molar-refractivity contribution in [3.63, 3.8) is 0 Å². The molecule has 94 valence electrons. The summed E-state index contributed by atoms with van der Waals surface area (Å²) in [7, 11) is 3.60. The Kier molecular flexibility index (Phi) is 3.01. The van der Waals surface area contributed by atoms with Gasteiger partial charge in [0.1, 0.15) is 0 Å². The molecule has 2 rings (SSSR count). The van der Waals surface area contributed by atoms with E-state index in [2.05, 4.69) is 4.98 Å². The van der Waals surface area contributed by atoms with Gasteiger partial charge in [0, 0.05) is 26.7 Å². The maximum atomic E-state index is 10.9. The van der Waals surface area contributed by atoms with Gasteiger partial charge in [-0.3, -0.25) is 4.57 Å². The monoisotopic (exact) mass is 239 g/mol. The van der Waals surface area contributed by atoms with Gasteiger partial charge in [-0.05, 0) is 28.7 Å². The highest BCUT2D eigenvalue weighted by atomic mass is 16.6. The molecule has 1 aliphatic carbocycles. The fourth-order valence-corrected chi connectivity index (χ4v) is 2.25. The first-order valence-electron chi connectivity index (χ1n) is 5.64. The molecular formula is C10H17N5O2. The smallest absolute Gasteiger partial charge is 0.358 e. The first-order valence-corrected chi connectivity index (χ1v) is 5.64. The summed E-state index contributed by atoms with van der Waals surface area (Å²) >= 11 is 0. The van der Waals surface area contributed by atoms with Crippen LogP contribution in [0.15, 0.2) is 6.33 Å². The summed E-state index contributed by atoms with van der Waals surface area (Å²) in [5.41, 5.74) is 5.76. The summed E-state index contributed by atoms with van der Waals surface area (Å²) in [6.45, 7) is 0.503. The number of nitro groups is 1. The van der Waals surface area contributed by atoms with Crippen LogP contribution in [0.3, 0.4) is 0 Å². The van der Waals surface area contributed by atoms with Gasteiger partial charge >= 0.3 is 5.82 Å². The van der Waals surface area contributed by atoms with Crippen molar-refractivity contribution in [2.24, 2.45) is 18.7 Å². The van der Waals surface area contributed by atoms with Gasteiger partial charge < -0.3 is 20.7 Å². The molecular weight excluding hydrogens is 222 g/mol. The summed E-state index contributed by atoms with van der Waals surface area (Å²) in [6.07, 6.45) is 3.76. The van der Waals surface area contributed by atoms with Gasteiger partial charge in [0.15, 0.2) is 0 Å². The number of aryl methyl sites for hydroxylation is 1. The molecule has 1 unspecified atom stereocenters. The van der Waals surface area contributed by atoms with Gasteiger partial charge in [-0.25, -0.2) is 0 Å². The van der Waals surface area contributed by atoms with Crippen LogP contribution < -0.4 is 10.6 Å². The van der Waals surface area contributed by atoms with E-state index in [0.29, 0.717) is 18.3 Å². The molecule has 1 atom stereocenters. The topological polar surface area (TPSA) is 90.2 Å². The van der Waals surface area contributed by atoms with E-state index in [1.54, 1.807) is 11.6 Å². The molecule has 0 saturated heterocycles. The van der Waals surface area contributed by atoms with E-state index in [-0.39, 0.29) is 11.9 Å². The Balaban J connectivity index is 2.31. The van der Waals surface area contributed by atoms with E-state index in [0.717, 1.165) is 12.8 Å². The zero-order valence-corrected chi connectivity index (χ0v) is 10.0. The van der Waals surface area contributed by atoms with Crippen LogP contribution in [0.4, 0.5) is 11.6 Å². The number of rotatable bonds is 5. The lowest BCUT2D eigenvalue weighted by atomic mass is 10.1. The van der Waals surface area contributed by atoms with Crippen LogP contribution in [0.2, 0.25) is 0 Å². The summed E-state index contributed by atoms with van der Waals surface area (Å²) in [4.78, 5) is 16.2. The maximum Gasteiger partial charge on any atom is 0.406 e. The molecule has 0 bridgehead atoms. The fraction of sp³-hybridized carbons (Fsp3) is 0.700. The van der Waals surface area contributed by atoms with E-state index in [1.807, 2.05) is 11.9 Å². The lowest BCUT2D eigenvalue weighted by Gasteiger charge is -2.28. The highest BCUT2D eigenvalue weighted by molar-refractivity contribution is 5.55. The third kappa shape index (κ3) is 2.10. The van der Waals surface area contributed by atoms with Gasteiger partial charge in [-0.2, -0.15) is 0 Å². The molecule has 1 heterocycles. The minimum absolute atomic E-state index is 0.103. The van der Waals surface area contributed by atoms with Crippen LogP contribution in [0, 0.1) is 16.0 Å². The van der Waals surface area contributed by atoms with Crippen LogP contribution in [-0.4, -0.2) is 34.1 Å². The SMILES string of the molecule is CN(c1c([N+](=O)[O-])ncn1C)C(CN)C1CC1. The molecule has 7 heteroatoms. The summed E-state index contributed by atoms with van der Waals surface area (Å²) < 4.78 is 1.67. The van der Waals surface area contributed by atoms with Crippen LogP contribution in [-0.2, 0) is 7.05 Å². The van der Waals surface area contributed by atoms with Crippen molar-refractivity contribution in [1.29, 1.82) is 0 Å². The number of nitrogens with zero attached hydrogens (tertiary/aromatic N) is 4. The lowest BCUT2D eigenvalue weighted by molar-refractivity contribution is -0.388.